The van der Waals surface area contributed by atoms with E-state index in [-0.39, 0.29) is 48.2 Å². The number of hydrogen-bond acceptors (Lipinski definition) is 4. The highest BCUT2D eigenvalue weighted by Crippen LogP contribution is 2.26. The summed E-state index contributed by atoms with van der Waals surface area (Å²) in [4.78, 5) is 41.0. The highest BCUT2D eigenvalue weighted by Gasteiger charge is 2.40. The molecule has 0 spiro atoms. The van der Waals surface area contributed by atoms with Crippen LogP contribution in [0, 0.1) is 5.92 Å². The van der Waals surface area contributed by atoms with Crippen LogP contribution in [0.4, 0.5) is 0 Å². The van der Waals surface area contributed by atoms with Gasteiger partial charge >= 0.3 is 0 Å². The molecule has 32 heavy (non-hydrogen) atoms. The van der Waals surface area contributed by atoms with Gasteiger partial charge in [-0.05, 0) is 57.7 Å². The van der Waals surface area contributed by atoms with Gasteiger partial charge in [-0.15, -0.1) is 0 Å². The molecule has 176 valence electrons. The fourth-order valence-corrected chi connectivity index (χ4v) is 4.40. The van der Waals surface area contributed by atoms with E-state index in [1.807, 2.05) is 45.0 Å². The average Bonchev–Trinajstić information content (AvgIpc) is 3.16. The number of ether oxygens (including phenoxy) is 1. The predicted octanol–water partition coefficient (Wildman–Crippen LogP) is 2.77. The lowest BCUT2D eigenvalue weighted by Gasteiger charge is -2.33. The number of likely N-dealkylation sites (tertiary alicyclic amines) is 2. The molecule has 2 heterocycles. The third kappa shape index (κ3) is 6.24. The molecule has 0 aromatic heterocycles. The Balaban J connectivity index is 1.39. The number of rotatable bonds is 7. The molecule has 2 aliphatic rings. The van der Waals surface area contributed by atoms with Crippen molar-refractivity contribution in [2.45, 2.75) is 71.4 Å². The number of piperidine rings is 1. The van der Waals surface area contributed by atoms with Gasteiger partial charge in [-0.25, -0.2) is 0 Å². The van der Waals surface area contributed by atoms with Gasteiger partial charge in [-0.1, -0.05) is 25.5 Å². The molecule has 1 aromatic carbocycles. The lowest BCUT2D eigenvalue weighted by Crippen LogP contribution is -2.49. The van der Waals surface area contributed by atoms with Gasteiger partial charge in [0.2, 0.25) is 11.8 Å². The second-order valence-corrected chi connectivity index (χ2v) is 9.92. The van der Waals surface area contributed by atoms with E-state index in [1.54, 1.807) is 9.80 Å². The van der Waals surface area contributed by atoms with Gasteiger partial charge in [-0.3, -0.25) is 14.4 Å². The zero-order chi connectivity index (χ0) is 23.3. The number of benzene rings is 1. The Hall–Kier alpha value is -2.57. The third-order valence-electron chi connectivity index (χ3n) is 6.32. The first-order valence-corrected chi connectivity index (χ1v) is 11.8. The minimum absolute atomic E-state index is 0.0248. The Bertz CT molecular complexity index is 807. The van der Waals surface area contributed by atoms with Crippen molar-refractivity contribution in [2.24, 2.45) is 5.92 Å². The van der Waals surface area contributed by atoms with Gasteiger partial charge in [0.15, 0.2) is 6.61 Å². The molecular formula is C25H37N3O4. The van der Waals surface area contributed by atoms with Crippen molar-refractivity contribution in [3.63, 3.8) is 0 Å². The number of carbonyl (C=O) groups is 3. The van der Waals surface area contributed by atoms with E-state index in [0.29, 0.717) is 38.2 Å². The summed E-state index contributed by atoms with van der Waals surface area (Å²) in [6.45, 7) is 9.81. The van der Waals surface area contributed by atoms with E-state index in [9.17, 15) is 14.4 Å². The number of nitrogens with one attached hydrogen (secondary N) is 1. The van der Waals surface area contributed by atoms with Crippen molar-refractivity contribution in [3.8, 4) is 5.75 Å². The highest BCUT2D eigenvalue weighted by atomic mass is 16.5. The number of carbonyl (C=O) groups excluding carboxylic acids is 3. The number of nitrogens with zero attached hydrogens (tertiary/aromatic N) is 2. The maximum absolute atomic E-state index is 12.7. The molecule has 2 saturated heterocycles. The van der Waals surface area contributed by atoms with E-state index in [1.165, 1.54) is 5.56 Å². The number of aryl methyl sites for hydroxylation is 1. The first-order valence-electron chi connectivity index (χ1n) is 11.8. The molecule has 0 radical (unpaired) electrons. The van der Waals surface area contributed by atoms with Crippen molar-refractivity contribution in [1.29, 1.82) is 0 Å². The second kappa shape index (κ2) is 10.4. The molecule has 7 heteroatoms. The Labute approximate surface area is 191 Å². The third-order valence-corrected chi connectivity index (χ3v) is 6.32. The van der Waals surface area contributed by atoms with Crippen LogP contribution in [-0.2, 0) is 20.8 Å². The minimum Gasteiger partial charge on any atom is -0.484 e. The maximum atomic E-state index is 12.7. The van der Waals surface area contributed by atoms with Crippen molar-refractivity contribution in [3.05, 3.63) is 29.8 Å². The van der Waals surface area contributed by atoms with Crippen LogP contribution < -0.4 is 10.1 Å². The quantitative estimate of drug-likeness (QED) is 0.703. The normalized spacial score (nSPS) is 19.9. The van der Waals surface area contributed by atoms with E-state index in [4.69, 9.17) is 4.74 Å². The van der Waals surface area contributed by atoms with Crippen LogP contribution >= 0.6 is 0 Å². The molecule has 7 nitrogen and oxygen atoms in total. The van der Waals surface area contributed by atoms with Crippen molar-refractivity contribution >= 4 is 17.7 Å². The van der Waals surface area contributed by atoms with Gasteiger partial charge in [0.05, 0.1) is 5.92 Å². The Kier molecular flexibility index (Phi) is 7.80. The van der Waals surface area contributed by atoms with Crippen molar-refractivity contribution in [1.82, 2.24) is 15.1 Å². The lowest BCUT2D eigenvalue weighted by atomic mass is 10.0. The molecule has 3 amide bonds. The van der Waals surface area contributed by atoms with E-state index in [2.05, 4.69) is 12.2 Å². The largest absolute Gasteiger partial charge is 0.484 e. The SMILES string of the molecule is CCCc1ccc(OCC(=O)N2CCC(NC(=O)C3CC(=O)N(C(C)(C)C)C3)CC2)cc1. The zero-order valence-electron chi connectivity index (χ0n) is 19.9. The van der Waals surface area contributed by atoms with E-state index < -0.39 is 0 Å². The zero-order valence-corrected chi connectivity index (χ0v) is 19.9. The highest BCUT2D eigenvalue weighted by molar-refractivity contribution is 5.89. The van der Waals surface area contributed by atoms with E-state index >= 15 is 0 Å². The standard InChI is InChI=1S/C25H37N3O4/c1-5-6-18-7-9-21(10-8-18)32-17-23(30)27-13-11-20(12-14-27)26-24(31)19-15-22(29)28(16-19)25(2,3)4/h7-10,19-20H,5-6,11-17H2,1-4H3,(H,26,31). The molecule has 1 atom stereocenters. The molecule has 0 aliphatic carbocycles. The molecule has 2 aliphatic heterocycles. The summed E-state index contributed by atoms with van der Waals surface area (Å²) in [5, 5.41) is 3.10. The summed E-state index contributed by atoms with van der Waals surface area (Å²) in [5.41, 5.74) is 1.00. The molecule has 1 aromatic rings. The van der Waals surface area contributed by atoms with Crippen molar-refractivity contribution < 1.29 is 19.1 Å². The smallest absolute Gasteiger partial charge is 0.260 e. The van der Waals surface area contributed by atoms with Crippen LogP contribution in [0.25, 0.3) is 0 Å². The summed E-state index contributed by atoms with van der Waals surface area (Å²) in [6, 6.07) is 7.94. The maximum Gasteiger partial charge on any atom is 0.260 e. The molecular weight excluding hydrogens is 406 g/mol. The summed E-state index contributed by atoms with van der Waals surface area (Å²) >= 11 is 0. The summed E-state index contributed by atoms with van der Waals surface area (Å²) in [5.74, 6) is 0.367. The fourth-order valence-electron chi connectivity index (χ4n) is 4.40. The topological polar surface area (TPSA) is 79.0 Å². The monoisotopic (exact) mass is 443 g/mol. The van der Waals surface area contributed by atoms with Crippen LogP contribution in [0.15, 0.2) is 24.3 Å². The Morgan fingerprint density at radius 3 is 2.34 bits per heavy atom. The summed E-state index contributed by atoms with van der Waals surface area (Å²) in [7, 11) is 0. The van der Waals surface area contributed by atoms with Gasteiger partial charge in [-0.2, -0.15) is 0 Å². The fraction of sp³-hybridized carbons (Fsp3) is 0.640. The lowest BCUT2D eigenvalue weighted by molar-refractivity contribution is -0.135. The molecule has 1 N–H and O–H groups in total. The Morgan fingerprint density at radius 2 is 1.78 bits per heavy atom. The number of hydrogen-bond donors (Lipinski definition) is 1. The van der Waals surface area contributed by atoms with Gasteiger partial charge in [0, 0.05) is 37.6 Å². The van der Waals surface area contributed by atoms with Crippen LogP contribution in [-0.4, -0.2) is 65.3 Å². The molecule has 3 rings (SSSR count). The summed E-state index contributed by atoms with van der Waals surface area (Å²) in [6.07, 6.45) is 3.84. The molecule has 1 unspecified atom stereocenters. The minimum atomic E-state index is -0.293. The summed E-state index contributed by atoms with van der Waals surface area (Å²) < 4.78 is 5.66. The Morgan fingerprint density at radius 1 is 1.12 bits per heavy atom. The van der Waals surface area contributed by atoms with Crippen LogP contribution in [0.3, 0.4) is 0 Å². The molecule has 0 saturated carbocycles. The predicted molar refractivity (Wildman–Crippen MR) is 123 cm³/mol. The van der Waals surface area contributed by atoms with Gasteiger partial charge in [0.1, 0.15) is 5.75 Å². The van der Waals surface area contributed by atoms with Crippen LogP contribution in [0.1, 0.15) is 58.9 Å². The second-order valence-electron chi connectivity index (χ2n) is 9.92. The first kappa shape index (κ1) is 24.1. The van der Waals surface area contributed by atoms with Gasteiger partial charge < -0.3 is 19.9 Å². The first-order chi connectivity index (χ1) is 15.2. The van der Waals surface area contributed by atoms with Crippen LogP contribution in [0.5, 0.6) is 5.75 Å². The molecule has 2 fully saturated rings. The number of amides is 3. The van der Waals surface area contributed by atoms with E-state index in [0.717, 1.165) is 12.8 Å². The van der Waals surface area contributed by atoms with Crippen molar-refractivity contribution in [2.75, 3.05) is 26.2 Å². The molecule has 0 bridgehead atoms. The average molecular weight is 444 g/mol. The van der Waals surface area contributed by atoms with Crippen LogP contribution in [0.2, 0.25) is 0 Å². The van der Waals surface area contributed by atoms with Gasteiger partial charge in [0.25, 0.3) is 5.91 Å².